The Kier molecular flexibility index (Phi) is 4.49. The summed E-state index contributed by atoms with van der Waals surface area (Å²) in [5, 5.41) is 14.4. The molecule has 0 aliphatic heterocycles. The van der Waals surface area contributed by atoms with Crippen LogP contribution in [0.3, 0.4) is 0 Å². The van der Waals surface area contributed by atoms with Gasteiger partial charge in [-0.1, -0.05) is 19.0 Å². The summed E-state index contributed by atoms with van der Waals surface area (Å²) in [5.41, 5.74) is 0.812. The Hall–Kier alpha value is -2.18. The maximum Gasteiger partial charge on any atom is 0.289 e. The van der Waals surface area contributed by atoms with Crippen LogP contribution in [0.5, 0.6) is 0 Å². The van der Waals surface area contributed by atoms with Crippen LogP contribution in [-0.2, 0) is 6.54 Å². The molecule has 0 bridgehead atoms. The fourth-order valence-electron chi connectivity index (χ4n) is 1.75. The third kappa shape index (κ3) is 3.23. The summed E-state index contributed by atoms with van der Waals surface area (Å²) in [6, 6.07) is 1.70. The molecule has 2 aromatic heterocycles. The van der Waals surface area contributed by atoms with Crippen molar-refractivity contribution in [3.05, 3.63) is 29.7 Å². The van der Waals surface area contributed by atoms with Crippen LogP contribution in [0.25, 0.3) is 0 Å². The lowest BCUT2D eigenvalue weighted by molar-refractivity contribution is 0.0915. The molecule has 0 aromatic carbocycles. The Balaban J connectivity index is 1.86. The molecule has 1 unspecified atom stereocenters. The van der Waals surface area contributed by atoms with E-state index in [2.05, 4.69) is 27.6 Å². The Bertz CT molecular complexity index is 575. The molecular formula is C13H19N5O2. The first-order chi connectivity index (χ1) is 9.61. The van der Waals surface area contributed by atoms with Crippen molar-refractivity contribution in [2.75, 3.05) is 6.54 Å². The van der Waals surface area contributed by atoms with Gasteiger partial charge in [-0.3, -0.25) is 4.79 Å². The van der Waals surface area contributed by atoms with Gasteiger partial charge in [0.2, 0.25) is 5.76 Å². The van der Waals surface area contributed by atoms with E-state index in [-0.39, 0.29) is 11.7 Å². The maximum absolute atomic E-state index is 11.9. The number of carbonyl (C=O) groups excluding carboxylic acids is 1. The number of nitrogens with zero attached hydrogens (tertiary/aromatic N) is 4. The van der Waals surface area contributed by atoms with Gasteiger partial charge in [0.25, 0.3) is 5.91 Å². The molecule has 7 nitrogen and oxygen atoms in total. The Morgan fingerprint density at radius 3 is 3.00 bits per heavy atom. The molecule has 0 saturated carbocycles. The van der Waals surface area contributed by atoms with E-state index in [1.54, 1.807) is 12.4 Å². The molecule has 0 aliphatic rings. The zero-order valence-corrected chi connectivity index (χ0v) is 12.0. The summed E-state index contributed by atoms with van der Waals surface area (Å²) in [6.45, 7) is 7.09. The Labute approximate surface area is 117 Å². The monoisotopic (exact) mass is 277 g/mol. The lowest BCUT2D eigenvalue weighted by Gasteiger charge is -2.04. The molecule has 0 fully saturated rings. The number of rotatable bonds is 6. The van der Waals surface area contributed by atoms with Gasteiger partial charge in [-0.2, -0.15) is 0 Å². The van der Waals surface area contributed by atoms with Gasteiger partial charge < -0.3 is 14.4 Å². The van der Waals surface area contributed by atoms with Gasteiger partial charge >= 0.3 is 0 Å². The number of aryl methyl sites for hydroxylation is 1. The molecule has 1 amide bonds. The van der Waals surface area contributed by atoms with E-state index in [4.69, 9.17) is 4.52 Å². The third-order valence-electron chi connectivity index (χ3n) is 3.32. The summed E-state index contributed by atoms with van der Waals surface area (Å²) >= 11 is 0. The van der Waals surface area contributed by atoms with E-state index >= 15 is 0 Å². The van der Waals surface area contributed by atoms with Crippen molar-refractivity contribution in [3.63, 3.8) is 0 Å². The number of amides is 1. The minimum absolute atomic E-state index is 0.251. The summed E-state index contributed by atoms with van der Waals surface area (Å²) in [7, 11) is 0. The minimum atomic E-state index is -0.252. The topological polar surface area (TPSA) is 85.8 Å². The highest BCUT2D eigenvalue weighted by atomic mass is 16.5. The molecule has 1 N–H and O–H groups in total. The van der Waals surface area contributed by atoms with E-state index in [1.165, 1.54) is 0 Å². The van der Waals surface area contributed by atoms with Gasteiger partial charge in [0, 0.05) is 25.1 Å². The highest BCUT2D eigenvalue weighted by Crippen LogP contribution is 2.17. The summed E-state index contributed by atoms with van der Waals surface area (Å²) in [6.07, 6.45) is 2.59. The van der Waals surface area contributed by atoms with Gasteiger partial charge in [0.1, 0.15) is 12.2 Å². The second kappa shape index (κ2) is 6.31. The molecule has 2 aromatic rings. The van der Waals surface area contributed by atoms with Crippen molar-refractivity contribution in [1.82, 2.24) is 25.2 Å². The molecule has 2 rings (SSSR count). The number of nitrogens with one attached hydrogen (secondary N) is 1. The largest absolute Gasteiger partial charge is 0.351 e. The van der Waals surface area contributed by atoms with Crippen molar-refractivity contribution >= 4 is 5.91 Å². The summed E-state index contributed by atoms with van der Waals surface area (Å²) < 4.78 is 6.93. The first kappa shape index (κ1) is 14.2. The van der Waals surface area contributed by atoms with Crippen molar-refractivity contribution in [2.45, 2.75) is 39.7 Å². The first-order valence-electron chi connectivity index (χ1n) is 6.71. The second-order valence-corrected chi connectivity index (χ2v) is 4.75. The van der Waals surface area contributed by atoms with Gasteiger partial charge in [0.05, 0.1) is 5.69 Å². The average molecular weight is 277 g/mol. The van der Waals surface area contributed by atoms with E-state index in [1.807, 2.05) is 18.4 Å². The molecule has 108 valence electrons. The maximum atomic E-state index is 11.9. The van der Waals surface area contributed by atoms with E-state index in [9.17, 15) is 4.79 Å². The zero-order valence-electron chi connectivity index (χ0n) is 12.0. The SMILES string of the molecule is CCC(C)c1cc(C(=O)NCCn2cnnc2C)on1. The molecule has 0 radical (unpaired) electrons. The van der Waals surface area contributed by atoms with Crippen molar-refractivity contribution in [1.29, 1.82) is 0 Å². The number of hydrogen-bond acceptors (Lipinski definition) is 5. The summed E-state index contributed by atoms with van der Waals surface area (Å²) in [5.74, 6) is 1.11. The zero-order chi connectivity index (χ0) is 14.5. The van der Waals surface area contributed by atoms with Crippen LogP contribution in [0.2, 0.25) is 0 Å². The Morgan fingerprint density at radius 1 is 1.55 bits per heavy atom. The fourth-order valence-corrected chi connectivity index (χ4v) is 1.75. The molecule has 0 aliphatic carbocycles. The fraction of sp³-hybridized carbons (Fsp3) is 0.538. The van der Waals surface area contributed by atoms with Gasteiger partial charge in [-0.15, -0.1) is 10.2 Å². The van der Waals surface area contributed by atoms with Crippen LogP contribution in [0.4, 0.5) is 0 Å². The molecule has 0 spiro atoms. The number of hydrogen-bond donors (Lipinski definition) is 1. The number of aromatic nitrogens is 4. The van der Waals surface area contributed by atoms with Crippen LogP contribution in [0.1, 0.15) is 48.3 Å². The average Bonchev–Trinajstić information content (AvgIpc) is 3.07. The van der Waals surface area contributed by atoms with Crippen LogP contribution in [0.15, 0.2) is 16.9 Å². The smallest absolute Gasteiger partial charge is 0.289 e. The van der Waals surface area contributed by atoms with Crippen molar-refractivity contribution < 1.29 is 9.32 Å². The van der Waals surface area contributed by atoms with Gasteiger partial charge in [-0.25, -0.2) is 0 Å². The molecule has 0 saturated heterocycles. The molecular weight excluding hydrogens is 258 g/mol. The van der Waals surface area contributed by atoms with E-state index in [0.29, 0.717) is 19.0 Å². The molecule has 7 heteroatoms. The predicted octanol–water partition coefficient (Wildman–Crippen LogP) is 1.52. The molecule has 1 atom stereocenters. The van der Waals surface area contributed by atoms with Gasteiger partial charge in [0.15, 0.2) is 0 Å². The molecule has 2 heterocycles. The van der Waals surface area contributed by atoms with Crippen molar-refractivity contribution in [3.8, 4) is 0 Å². The lowest BCUT2D eigenvalue weighted by Crippen LogP contribution is -2.27. The van der Waals surface area contributed by atoms with Crippen LogP contribution < -0.4 is 5.32 Å². The minimum Gasteiger partial charge on any atom is -0.351 e. The number of carbonyl (C=O) groups is 1. The standard InChI is InChI=1S/C13H19N5O2/c1-4-9(2)11-7-12(20-17-11)13(19)14-5-6-18-8-15-16-10(18)3/h7-9H,4-6H2,1-3H3,(H,14,19). The summed E-state index contributed by atoms with van der Waals surface area (Å²) in [4.78, 5) is 11.9. The quantitative estimate of drug-likeness (QED) is 0.865. The van der Waals surface area contributed by atoms with Crippen LogP contribution in [-0.4, -0.2) is 32.4 Å². The van der Waals surface area contributed by atoms with Crippen LogP contribution >= 0.6 is 0 Å². The molecule has 20 heavy (non-hydrogen) atoms. The predicted molar refractivity (Wildman–Crippen MR) is 72.3 cm³/mol. The van der Waals surface area contributed by atoms with E-state index < -0.39 is 0 Å². The first-order valence-corrected chi connectivity index (χ1v) is 6.71. The Morgan fingerprint density at radius 2 is 2.35 bits per heavy atom. The highest BCUT2D eigenvalue weighted by molar-refractivity contribution is 5.91. The van der Waals surface area contributed by atoms with Gasteiger partial charge in [-0.05, 0) is 13.3 Å². The lowest BCUT2D eigenvalue weighted by atomic mass is 10.1. The second-order valence-electron chi connectivity index (χ2n) is 4.75. The van der Waals surface area contributed by atoms with E-state index in [0.717, 1.165) is 17.9 Å². The third-order valence-corrected chi connectivity index (χ3v) is 3.32. The normalized spacial score (nSPS) is 12.3. The van der Waals surface area contributed by atoms with Crippen molar-refractivity contribution in [2.24, 2.45) is 0 Å². The highest BCUT2D eigenvalue weighted by Gasteiger charge is 2.15. The van der Waals surface area contributed by atoms with Crippen LogP contribution in [0, 0.1) is 6.92 Å².